The number of benzene rings is 3. The van der Waals surface area contributed by atoms with Gasteiger partial charge < -0.3 is 14.6 Å². The number of amides is 1. The standard InChI is InChI=1S/C27H30N4O3/c1-29(17-19-7-8-21-16-23(34-2)10-9-20(21)15-19)26(32)18-30-13-11-22(12-14-30)31-25-6-4-3-5-24(25)28-27(31)33/h3-10,15-16,22H,11-14,17-18H2,1-2H3,(H,28,33). The van der Waals surface area contributed by atoms with Crippen LogP contribution in [0.5, 0.6) is 5.75 Å². The van der Waals surface area contributed by atoms with Crippen molar-refractivity contribution >= 4 is 27.7 Å². The van der Waals surface area contributed by atoms with Crippen LogP contribution in [0.15, 0.2) is 65.5 Å². The van der Waals surface area contributed by atoms with Crippen LogP contribution in [0.1, 0.15) is 24.4 Å². The third-order valence-electron chi connectivity index (χ3n) is 6.86. The van der Waals surface area contributed by atoms with Crippen LogP contribution >= 0.6 is 0 Å². The van der Waals surface area contributed by atoms with Crippen molar-refractivity contribution in [2.45, 2.75) is 25.4 Å². The number of carbonyl (C=O) groups excluding carboxylic acids is 1. The first kappa shape index (κ1) is 22.2. The van der Waals surface area contributed by atoms with Crippen molar-refractivity contribution in [2.75, 3.05) is 33.8 Å². The molecule has 0 unspecified atom stereocenters. The van der Waals surface area contributed by atoms with Gasteiger partial charge in [-0.2, -0.15) is 0 Å². The van der Waals surface area contributed by atoms with Crippen LogP contribution in [0.25, 0.3) is 21.8 Å². The molecule has 2 heterocycles. The second kappa shape index (κ2) is 9.35. The van der Waals surface area contributed by atoms with Crippen molar-refractivity contribution in [3.05, 3.63) is 76.7 Å². The van der Waals surface area contributed by atoms with Crippen LogP contribution < -0.4 is 10.4 Å². The highest BCUT2D eigenvalue weighted by atomic mass is 16.5. The number of nitrogens with zero attached hydrogens (tertiary/aromatic N) is 3. The fourth-order valence-corrected chi connectivity index (χ4v) is 4.95. The molecule has 1 N–H and O–H groups in total. The maximum Gasteiger partial charge on any atom is 0.326 e. The number of methoxy groups -OCH3 is 1. The van der Waals surface area contributed by atoms with Crippen molar-refractivity contribution in [2.24, 2.45) is 0 Å². The molecule has 1 fully saturated rings. The zero-order chi connectivity index (χ0) is 23.7. The SMILES string of the molecule is COc1ccc2cc(CN(C)C(=O)CN3CCC(n4c(=O)[nH]c5ccccc54)CC3)ccc2c1. The fraction of sp³-hybridized carbons (Fsp3) is 0.333. The maximum atomic E-state index is 12.9. The minimum atomic E-state index is -0.0516. The molecule has 0 atom stereocenters. The molecule has 0 bridgehead atoms. The molecule has 5 rings (SSSR count). The average Bonchev–Trinajstić information content (AvgIpc) is 3.19. The van der Waals surface area contributed by atoms with Crippen LogP contribution in [0.2, 0.25) is 0 Å². The second-order valence-corrected chi connectivity index (χ2v) is 9.12. The molecule has 0 radical (unpaired) electrons. The quantitative estimate of drug-likeness (QED) is 0.477. The number of carbonyl (C=O) groups is 1. The predicted molar refractivity (Wildman–Crippen MR) is 134 cm³/mol. The number of piperidine rings is 1. The number of hydrogen-bond acceptors (Lipinski definition) is 4. The normalized spacial score (nSPS) is 15.1. The third-order valence-corrected chi connectivity index (χ3v) is 6.86. The van der Waals surface area contributed by atoms with Crippen LogP contribution in [-0.2, 0) is 11.3 Å². The van der Waals surface area contributed by atoms with E-state index in [9.17, 15) is 9.59 Å². The van der Waals surface area contributed by atoms with Crippen LogP contribution in [0.4, 0.5) is 0 Å². The predicted octanol–water partition coefficient (Wildman–Crippen LogP) is 3.79. The number of ether oxygens (including phenoxy) is 1. The van der Waals surface area contributed by atoms with Gasteiger partial charge in [-0.15, -0.1) is 0 Å². The van der Waals surface area contributed by atoms with E-state index >= 15 is 0 Å². The van der Waals surface area contributed by atoms with Gasteiger partial charge in [-0.1, -0.05) is 30.3 Å². The third kappa shape index (κ3) is 4.43. The van der Waals surface area contributed by atoms with E-state index in [1.165, 1.54) is 0 Å². The number of aromatic nitrogens is 2. The van der Waals surface area contributed by atoms with Crippen LogP contribution in [-0.4, -0.2) is 59.0 Å². The summed E-state index contributed by atoms with van der Waals surface area (Å²) < 4.78 is 7.18. The van der Waals surface area contributed by atoms with E-state index in [4.69, 9.17) is 4.74 Å². The number of fused-ring (bicyclic) bond motifs is 2. The molecule has 34 heavy (non-hydrogen) atoms. The minimum Gasteiger partial charge on any atom is -0.497 e. The number of rotatable bonds is 6. The molecule has 1 amide bonds. The highest BCUT2D eigenvalue weighted by Crippen LogP contribution is 2.25. The van der Waals surface area contributed by atoms with Gasteiger partial charge in [0.15, 0.2) is 0 Å². The van der Waals surface area contributed by atoms with Gasteiger partial charge in [0.25, 0.3) is 0 Å². The lowest BCUT2D eigenvalue weighted by atomic mass is 10.0. The Morgan fingerprint density at radius 2 is 1.79 bits per heavy atom. The van der Waals surface area contributed by atoms with Gasteiger partial charge in [-0.3, -0.25) is 14.3 Å². The van der Waals surface area contributed by atoms with Crippen LogP contribution in [0, 0.1) is 0 Å². The number of nitrogens with one attached hydrogen (secondary N) is 1. The summed E-state index contributed by atoms with van der Waals surface area (Å²) in [6, 6.07) is 20.3. The Morgan fingerprint density at radius 1 is 1.06 bits per heavy atom. The molecule has 1 aromatic heterocycles. The highest BCUT2D eigenvalue weighted by molar-refractivity contribution is 5.85. The zero-order valence-corrected chi connectivity index (χ0v) is 19.7. The highest BCUT2D eigenvalue weighted by Gasteiger charge is 2.25. The number of aromatic amines is 1. The lowest BCUT2D eigenvalue weighted by Crippen LogP contribution is -2.43. The Kier molecular flexibility index (Phi) is 6.11. The molecule has 0 spiro atoms. The summed E-state index contributed by atoms with van der Waals surface area (Å²) in [5, 5.41) is 2.25. The molecule has 176 valence electrons. The molecule has 1 aliphatic heterocycles. The number of H-pyrrole nitrogens is 1. The molecule has 3 aromatic carbocycles. The number of likely N-dealkylation sites (N-methyl/N-ethyl adjacent to an activating group) is 1. The molecule has 4 aromatic rings. The van der Waals surface area contributed by atoms with E-state index in [-0.39, 0.29) is 17.6 Å². The molecule has 0 aliphatic carbocycles. The Labute approximate surface area is 198 Å². The summed E-state index contributed by atoms with van der Waals surface area (Å²) >= 11 is 0. The van der Waals surface area contributed by atoms with Gasteiger partial charge in [0, 0.05) is 32.7 Å². The topological polar surface area (TPSA) is 70.6 Å². The van der Waals surface area contributed by atoms with Crippen molar-refractivity contribution in [1.82, 2.24) is 19.4 Å². The molecule has 7 heteroatoms. The largest absolute Gasteiger partial charge is 0.497 e. The lowest BCUT2D eigenvalue weighted by molar-refractivity contribution is -0.132. The van der Waals surface area contributed by atoms with Crippen molar-refractivity contribution in [1.29, 1.82) is 0 Å². The Morgan fingerprint density at radius 3 is 2.59 bits per heavy atom. The van der Waals surface area contributed by atoms with E-state index < -0.39 is 0 Å². The van der Waals surface area contributed by atoms with Gasteiger partial charge in [0.1, 0.15) is 5.75 Å². The summed E-state index contributed by atoms with van der Waals surface area (Å²) in [7, 11) is 3.53. The van der Waals surface area contributed by atoms with E-state index in [2.05, 4.69) is 28.1 Å². The molecule has 1 aliphatic rings. The Hall–Kier alpha value is -3.58. The van der Waals surface area contributed by atoms with Gasteiger partial charge in [-0.25, -0.2) is 4.79 Å². The monoisotopic (exact) mass is 458 g/mol. The van der Waals surface area contributed by atoms with Crippen molar-refractivity contribution in [3.8, 4) is 5.75 Å². The summed E-state index contributed by atoms with van der Waals surface area (Å²) in [6.45, 7) is 2.57. The molecule has 7 nitrogen and oxygen atoms in total. The first-order valence-electron chi connectivity index (χ1n) is 11.7. The lowest BCUT2D eigenvalue weighted by Gasteiger charge is -2.33. The minimum absolute atomic E-state index is 0.0516. The molecular formula is C27H30N4O3. The number of para-hydroxylation sites is 2. The van der Waals surface area contributed by atoms with Gasteiger partial charge in [-0.05, 0) is 59.5 Å². The van der Waals surface area contributed by atoms with Crippen LogP contribution in [0.3, 0.4) is 0 Å². The van der Waals surface area contributed by atoms with E-state index in [1.807, 2.05) is 54.1 Å². The zero-order valence-electron chi connectivity index (χ0n) is 19.7. The summed E-state index contributed by atoms with van der Waals surface area (Å²) in [4.78, 5) is 32.3. The summed E-state index contributed by atoms with van der Waals surface area (Å²) in [6.07, 6.45) is 1.71. The fourth-order valence-electron chi connectivity index (χ4n) is 4.95. The molecular weight excluding hydrogens is 428 g/mol. The van der Waals surface area contributed by atoms with Crippen molar-refractivity contribution < 1.29 is 9.53 Å². The first-order chi connectivity index (χ1) is 16.5. The summed E-state index contributed by atoms with van der Waals surface area (Å²) in [5.74, 6) is 0.948. The van der Waals surface area contributed by atoms with Gasteiger partial charge in [0.05, 0.1) is 24.7 Å². The Bertz CT molecular complexity index is 1380. The van der Waals surface area contributed by atoms with Gasteiger partial charge in [0.2, 0.25) is 5.91 Å². The second-order valence-electron chi connectivity index (χ2n) is 9.12. The number of likely N-dealkylation sites (tertiary alicyclic amines) is 1. The first-order valence-corrected chi connectivity index (χ1v) is 11.7. The number of imidazole rings is 1. The van der Waals surface area contributed by atoms with E-state index in [0.717, 1.165) is 59.0 Å². The number of hydrogen-bond donors (Lipinski definition) is 1. The smallest absolute Gasteiger partial charge is 0.326 e. The van der Waals surface area contributed by atoms with E-state index in [1.54, 1.807) is 12.0 Å². The van der Waals surface area contributed by atoms with Gasteiger partial charge >= 0.3 is 5.69 Å². The molecule has 0 saturated carbocycles. The Balaban J connectivity index is 1.18. The maximum absolute atomic E-state index is 12.9. The van der Waals surface area contributed by atoms with E-state index in [0.29, 0.717) is 13.1 Å². The summed E-state index contributed by atoms with van der Waals surface area (Å²) in [5.41, 5.74) is 2.88. The average molecular weight is 459 g/mol. The van der Waals surface area contributed by atoms with Crippen molar-refractivity contribution in [3.63, 3.8) is 0 Å². The molecule has 1 saturated heterocycles.